The average Bonchev–Trinajstić information content (AvgIpc) is 3.54. The summed E-state index contributed by atoms with van der Waals surface area (Å²) in [6.07, 6.45) is 9.18. The Bertz CT molecular complexity index is 1170. The van der Waals surface area contributed by atoms with Gasteiger partial charge in [0.15, 0.2) is 0 Å². The van der Waals surface area contributed by atoms with Gasteiger partial charge in [0.25, 0.3) is 5.91 Å². The highest BCUT2D eigenvalue weighted by atomic mass is 16.2. The van der Waals surface area contributed by atoms with Gasteiger partial charge in [-0.1, -0.05) is 12.1 Å². The van der Waals surface area contributed by atoms with Crippen LogP contribution in [-0.4, -0.2) is 69.7 Å². The van der Waals surface area contributed by atoms with E-state index in [-0.39, 0.29) is 24.1 Å². The molecule has 4 aliphatic heterocycles. The van der Waals surface area contributed by atoms with Crippen LogP contribution in [0.15, 0.2) is 30.6 Å². The molecular formula is C27H32N6O3. The highest BCUT2D eigenvalue weighted by Crippen LogP contribution is 2.34. The molecule has 1 aromatic heterocycles. The van der Waals surface area contributed by atoms with Crippen LogP contribution in [0.25, 0.3) is 0 Å². The number of hydrogen-bond donors (Lipinski definition) is 1. The maximum atomic E-state index is 13.0. The van der Waals surface area contributed by atoms with E-state index in [4.69, 9.17) is 0 Å². The van der Waals surface area contributed by atoms with Crippen LogP contribution in [0.5, 0.6) is 0 Å². The molecule has 1 atom stereocenters. The first kappa shape index (κ1) is 23.1. The van der Waals surface area contributed by atoms with Crippen molar-refractivity contribution in [1.29, 1.82) is 0 Å². The van der Waals surface area contributed by atoms with Gasteiger partial charge in [-0.25, -0.2) is 9.97 Å². The van der Waals surface area contributed by atoms with E-state index >= 15 is 0 Å². The molecule has 9 nitrogen and oxygen atoms in total. The molecule has 36 heavy (non-hydrogen) atoms. The zero-order valence-corrected chi connectivity index (χ0v) is 20.5. The molecule has 0 bridgehead atoms. The Morgan fingerprint density at radius 3 is 2.42 bits per heavy atom. The van der Waals surface area contributed by atoms with Gasteiger partial charge in [0.05, 0.1) is 0 Å². The summed E-state index contributed by atoms with van der Waals surface area (Å²) in [6, 6.07) is 5.59. The molecule has 188 valence electrons. The molecule has 1 aromatic carbocycles. The van der Waals surface area contributed by atoms with Crippen LogP contribution in [0.4, 0.5) is 5.95 Å². The van der Waals surface area contributed by atoms with Crippen LogP contribution < -0.4 is 10.2 Å². The van der Waals surface area contributed by atoms with Crippen molar-refractivity contribution in [3.8, 4) is 0 Å². The molecule has 3 saturated heterocycles. The second-order valence-corrected chi connectivity index (χ2v) is 10.5. The Labute approximate surface area is 210 Å². The summed E-state index contributed by atoms with van der Waals surface area (Å²) >= 11 is 0. The van der Waals surface area contributed by atoms with Gasteiger partial charge in [-0.15, -0.1) is 0 Å². The summed E-state index contributed by atoms with van der Waals surface area (Å²) < 4.78 is 0. The van der Waals surface area contributed by atoms with Gasteiger partial charge in [0.2, 0.25) is 17.8 Å². The van der Waals surface area contributed by atoms with E-state index in [0.29, 0.717) is 24.4 Å². The van der Waals surface area contributed by atoms with E-state index in [1.807, 2.05) is 18.5 Å². The van der Waals surface area contributed by atoms with Gasteiger partial charge in [0.1, 0.15) is 6.04 Å². The topological polar surface area (TPSA) is 98.7 Å². The number of likely N-dealkylation sites (tertiary alicyclic amines) is 1. The minimum atomic E-state index is -0.567. The number of hydrogen-bond acceptors (Lipinski definition) is 7. The van der Waals surface area contributed by atoms with E-state index in [9.17, 15) is 14.4 Å². The van der Waals surface area contributed by atoms with Crippen LogP contribution in [-0.2, 0) is 22.7 Å². The molecular weight excluding hydrogens is 456 g/mol. The number of amides is 3. The molecule has 5 heterocycles. The minimum Gasteiger partial charge on any atom is -0.341 e. The lowest BCUT2D eigenvalue weighted by molar-refractivity contribution is -0.136. The van der Waals surface area contributed by atoms with Crippen LogP contribution in [0.3, 0.4) is 0 Å². The Hall–Kier alpha value is -3.33. The Balaban J connectivity index is 1.05. The molecule has 1 unspecified atom stereocenters. The van der Waals surface area contributed by atoms with Crippen molar-refractivity contribution >= 4 is 23.7 Å². The van der Waals surface area contributed by atoms with Gasteiger partial charge >= 0.3 is 0 Å². The Morgan fingerprint density at radius 1 is 0.944 bits per heavy atom. The van der Waals surface area contributed by atoms with Gasteiger partial charge < -0.3 is 9.80 Å². The molecule has 3 fully saturated rings. The lowest BCUT2D eigenvalue weighted by Gasteiger charge is -2.32. The fourth-order valence-corrected chi connectivity index (χ4v) is 6.04. The van der Waals surface area contributed by atoms with E-state index in [1.54, 1.807) is 4.90 Å². The number of carbonyl (C=O) groups excluding carboxylic acids is 3. The number of rotatable bonds is 5. The van der Waals surface area contributed by atoms with E-state index in [1.165, 1.54) is 18.4 Å². The molecule has 0 saturated carbocycles. The number of fused-ring (bicyclic) bond motifs is 1. The van der Waals surface area contributed by atoms with Crippen LogP contribution in [0.1, 0.15) is 71.5 Å². The number of imide groups is 1. The first-order chi connectivity index (χ1) is 17.5. The Morgan fingerprint density at radius 2 is 1.69 bits per heavy atom. The fraction of sp³-hybridized carbons (Fsp3) is 0.519. The van der Waals surface area contributed by atoms with Crippen LogP contribution in [0, 0.1) is 0 Å². The summed E-state index contributed by atoms with van der Waals surface area (Å²) in [7, 11) is 0. The second-order valence-electron chi connectivity index (χ2n) is 10.5. The molecule has 6 rings (SSSR count). The zero-order chi connectivity index (χ0) is 24.6. The highest BCUT2D eigenvalue weighted by molar-refractivity contribution is 6.05. The van der Waals surface area contributed by atoms with Crippen molar-refractivity contribution in [3.05, 3.63) is 52.8 Å². The quantitative estimate of drug-likeness (QED) is 0.645. The molecule has 2 aromatic rings. The predicted octanol–water partition coefficient (Wildman–Crippen LogP) is 2.22. The number of carbonyl (C=O) groups is 3. The molecule has 0 spiro atoms. The second kappa shape index (κ2) is 9.61. The molecule has 0 radical (unpaired) electrons. The van der Waals surface area contributed by atoms with Gasteiger partial charge in [-0.3, -0.25) is 24.6 Å². The van der Waals surface area contributed by atoms with Gasteiger partial charge in [-0.05, 0) is 68.3 Å². The SMILES string of the molecule is O=C1CCC(N2Cc3cc(C4CCN(Cc5cnc(N6CCCC6)nc5)CC4)ccc3C2=O)C(=O)N1. The number of aromatic nitrogens is 2. The van der Waals surface area contributed by atoms with Crippen LogP contribution in [0.2, 0.25) is 0 Å². The predicted molar refractivity (Wildman–Crippen MR) is 133 cm³/mol. The summed E-state index contributed by atoms with van der Waals surface area (Å²) in [4.78, 5) is 52.3. The lowest BCUT2D eigenvalue weighted by atomic mass is 9.88. The third kappa shape index (κ3) is 4.48. The van der Waals surface area contributed by atoms with E-state index in [2.05, 4.69) is 37.2 Å². The normalized spacial score (nSPS) is 23.3. The molecule has 3 amide bonds. The number of benzene rings is 1. The van der Waals surface area contributed by atoms with Crippen molar-refractivity contribution < 1.29 is 14.4 Å². The summed E-state index contributed by atoms with van der Waals surface area (Å²) in [5.41, 5.74) is 4.09. The first-order valence-electron chi connectivity index (χ1n) is 13.1. The lowest BCUT2D eigenvalue weighted by Crippen LogP contribution is -2.52. The molecule has 4 aliphatic rings. The van der Waals surface area contributed by atoms with Crippen LogP contribution >= 0.6 is 0 Å². The fourth-order valence-electron chi connectivity index (χ4n) is 6.04. The zero-order valence-electron chi connectivity index (χ0n) is 20.5. The average molecular weight is 489 g/mol. The third-order valence-electron chi connectivity index (χ3n) is 8.09. The number of nitrogens with zero attached hydrogens (tertiary/aromatic N) is 5. The maximum absolute atomic E-state index is 13.0. The van der Waals surface area contributed by atoms with Crippen molar-refractivity contribution in [2.24, 2.45) is 0 Å². The summed E-state index contributed by atoms with van der Waals surface area (Å²) in [5.74, 6) is 0.567. The smallest absolute Gasteiger partial charge is 0.255 e. The van der Waals surface area contributed by atoms with Crippen molar-refractivity contribution in [1.82, 2.24) is 25.1 Å². The van der Waals surface area contributed by atoms with E-state index < -0.39 is 6.04 Å². The molecule has 0 aliphatic carbocycles. The first-order valence-corrected chi connectivity index (χ1v) is 13.1. The van der Waals surface area contributed by atoms with E-state index in [0.717, 1.165) is 62.6 Å². The van der Waals surface area contributed by atoms with Crippen molar-refractivity contribution in [3.63, 3.8) is 0 Å². The maximum Gasteiger partial charge on any atom is 0.255 e. The summed E-state index contributed by atoms with van der Waals surface area (Å²) in [5, 5.41) is 2.37. The number of nitrogens with one attached hydrogen (secondary N) is 1. The number of anilines is 1. The van der Waals surface area contributed by atoms with Gasteiger partial charge in [-0.2, -0.15) is 0 Å². The largest absolute Gasteiger partial charge is 0.341 e. The summed E-state index contributed by atoms with van der Waals surface area (Å²) in [6.45, 7) is 5.43. The number of piperidine rings is 2. The third-order valence-corrected chi connectivity index (χ3v) is 8.09. The van der Waals surface area contributed by atoms with Crippen molar-refractivity contribution in [2.45, 2.75) is 63.6 Å². The molecule has 9 heteroatoms. The standard InChI is InChI=1S/C27H32N6O3/c34-24-6-5-23(25(35)30-24)33-17-21-13-20(3-4-22(21)26(33)36)19-7-11-31(12-8-19)16-18-14-28-27(29-15-18)32-9-1-2-10-32/h3-4,13-15,19,23H,1-2,5-12,16-17H2,(H,30,34,35). The van der Waals surface area contributed by atoms with Crippen molar-refractivity contribution in [2.75, 3.05) is 31.1 Å². The molecule has 1 N–H and O–H groups in total. The highest BCUT2D eigenvalue weighted by Gasteiger charge is 2.39. The monoisotopic (exact) mass is 488 g/mol. The van der Waals surface area contributed by atoms with Gasteiger partial charge in [0, 0.05) is 56.1 Å². The minimum absolute atomic E-state index is 0.112. The Kier molecular flexibility index (Phi) is 6.17.